The number of halogens is 2. The van der Waals surface area contributed by atoms with Gasteiger partial charge in [0.1, 0.15) is 0 Å². The molecule has 2 heterocycles. The Morgan fingerprint density at radius 1 is 1.67 bits per heavy atom. The quantitative estimate of drug-likeness (QED) is 0.863. The highest BCUT2D eigenvalue weighted by atomic mass is 79.9. The van der Waals surface area contributed by atoms with E-state index in [2.05, 4.69) is 15.9 Å². The molecule has 15 heavy (non-hydrogen) atoms. The molecule has 2 rings (SSSR count). The number of hydrogen-bond donors (Lipinski definition) is 1. The Bertz CT molecular complexity index is 358. The second-order valence-corrected chi connectivity index (χ2v) is 5.26. The summed E-state index contributed by atoms with van der Waals surface area (Å²) in [5.41, 5.74) is 5.75. The van der Waals surface area contributed by atoms with Gasteiger partial charge < -0.3 is 10.6 Å². The number of amides is 1. The van der Waals surface area contributed by atoms with Crippen LogP contribution in [0.15, 0.2) is 15.9 Å². The van der Waals surface area contributed by atoms with Gasteiger partial charge in [-0.1, -0.05) is 0 Å². The molecule has 84 valence electrons. The van der Waals surface area contributed by atoms with E-state index in [0.717, 1.165) is 22.3 Å². The Balaban J connectivity index is 0.00000112. The van der Waals surface area contributed by atoms with Gasteiger partial charge >= 0.3 is 0 Å². The van der Waals surface area contributed by atoms with Crippen LogP contribution in [0.25, 0.3) is 0 Å². The SMILES string of the molecule is Cl.N[C@H]1CCN(C(=O)c2cc(Br)cs2)C1. The number of carbonyl (C=O) groups is 1. The molecule has 0 spiro atoms. The molecule has 6 heteroatoms. The third kappa shape index (κ3) is 2.93. The smallest absolute Gasteiger partial charge is 0.264 e. The van der Waals surface area contributed by atoms with Gasteiger partial charge in [0.15, 0.2) is 0 Å². The first-order chi connectivity index (χ1) is 6.66. The average molecular weight is 312 g/mol. The first-order valence-corrected chi connectivity index (χ1v) is 6.13. The van der Waals surface area contributed by atoms with Crippen LogP contribution in [0.5, 0.6) is 0 Å². The van der Waals surface area contributed by atoms with Gasteiger partial charge in [-0.05, 0) is 28.4 Å². The van der Waals surface area contributed by atoms with E-state index in [1.807, 2.05) is 16.3 Å². The van der Waals surface area contributed by atoms with E-state index in [9.17, 15) is 4.79 Å². The van der Waals surface area contributed by atoms with Crippen molar-refractivity contribution in [3.63, 3.8) is 0 Å². The van der Waals surface area contributed by atoms with Crippen LogP contribution in [-0.4, -0.2) is 29.9 Å². The summed E-state index contributed by atoms with van der Waals surface area (Å²) in [7, 11) is 0. The van der Waals surface area contributed by atoms with Crippen LogP contribution in [0, 0.1) is 0 Å². The summed E-state index contributed by atoms with van der Waals surface area (Å²) in [6, 6.07) is 2.01. The number of rotatable bonds is 1. The summed E-state index contributed by atoms with van der Waals surface area (Å²) in [4.78, 5) is 14.5. The zero-order chi connectivity index (χ0) is 10.1. The number of carbonyl (C=O) groups excluding carboxylic acids is 1. The fourth-order valence-electron chi connectivity index (χ4n) is 1.55. The lowest BCUT2D eigenvalue weighted by Gasteiger charge is -2.13. The third-order valence-corrected chi connectivity index (χ3v) is 3.97. The molecule has 3 nitrogen and oxygen atoms in total. The minimum Gasteiger partial charge on any atom is -0.336 e. The summed E-state index contributed by atoms with van der Waals surface area (Å²) in [6.45, 7) is 1.48. The molecule has 1 saturated heterocycles. The first-order valence-electron chi connectivity index (χ1n) is 4.45. The van der Waals surface area contributed by atoms with Gasteiger partial charge in [0, 0.05) is 29.0 Å². The van der Waals surface area contributed by atoms with Crippen molar-refractivity contribution < 1.29 is 4.79 Å². The molecule has 1 atom stereocenters. The molecule has 1 aliphatic heterocycles. The molecule has 0 aromatic carbocycles. The lowest BCUT2D eigenvalue weighted by Crippen LogP contribution is -2.31. The molecule has 0 aliphatic carbocycles. The van der Waals surface area contributed by atoms with Crippen LogP contribution < -0.4 is 5.73 Å². The number of nitrogens with zero attached hydrogens (tertiary/aromatic N) is 1. The van der Waals surface area contributed by atoms with Gasteiger partial charge in [-0.2, -0.15) is 0 Å². The fourth-order valence-corrected chi connectivity index (χ4v) is 2.95. The van der Waals surface area contributed by atoms with E-state index in [1.165, 1.54) is 11.3 Å². The lowest BCUT2D eigenvalue weighted by molar-refractivity contribution is 0.0795. The molecule has 0 radical (unpaired) electrons. The Morgan fingerprint density at radius 3 is 2.87 bits per heavy atom. The van der Waals surface area contributed by atoms with Gasteiger partial charge in [0.25, 0.3) is 5.91 Å². The number of thiophene rings is 1. The molecule has 1 aliphatic rings. The van der Waals surface area contributed by atoms with Crippen LogP contribution in [0.4, 0.5) is 0 Å². The highest BCUT2D eigenvalue weighted by molar-refractivity contribution is 9.10. The van der Waals surface area contributed by atoms with Gasteiger partial charge in [-0.3, -0.25) is 4.79 Å². The van der Waals surface area contributed by atoms with Gasteiger partial charge in [-0.15, -0.1) is 23.7 Å². The van der Waals surface area contributed by atoms with Crippen LogP contribution in [-0.2, 0) is 0 Å². The van der Waals surface area contributed by atoms with Crippen LogP contribution in [0.2, 0.25) is 0 Å². The summed E-state index contributed by atoms with van der Waals surface area (Å²) >= 11 is 4.80. The summed E-state index contributed by atoms with van der Waals surface area (Å²) < 4.78 is 0.967. The highest BCUT2D eigenvalue weighted by Crippen LogP contribution is 2.22. The summed E-state index contributed by atoms with van der Waals surface area (Å²) in [5.74, 6) is 0.105. The van der Waals surface area contributed by atoms with Crippen molar-refractivity contribution in [1.29, 1.82) is 0 Å². The largest absolute Gasteiger partial charge is 0.336 e. The second-order valence-electron chi connectivity index (χ2n) is 3.43. The average Bonchev–Trinajstić information content (AvgIpc) is 2.73. The molecule has 1 fully saturated rings. The maximum Gasteiger partial charge on any atom is 0.264 e. The Morgan fingerprint density at radius 2 is 2.40 bits per heavy atom. The second kappa shape index (κ2) is 5.30. The highest BCUT2D eigenvalue weighted by Gasteiger charge is 2.25. The lowest BCUT2D eigenvalue weighted by atomic mass is 10.3. The minimum absolute atomic E-state index is 0. The van der Waals surface area contributed by atoms with E-state index in [0.29, 0.717) is 6.54 Å². The topological polar surface area (TPSA) is 46.3 Å². The summed E-state index contributed by atoms with van der Waals surface area (Å²) in [6.07, 6.45) is 0.915. The molecule has 2 N–H and O–H groups in total. The molecular weight excluding hydrogens is 300 g/mol. The summed E-state index contributed by atoms with van der Waals surface area (Å²) in [5, 5.41) is 1.92. The molecule has 0 saturated carbocycles. The maximum atomic E-state index is 11.9. The van der Waals surface area contributed by atoms with Crippen molar-refractivity contribution in [3.05, 3.63) is 20.8 Å². The normalized spacial score (nSPS) is 20.1. The standard InChI is InChI=1S/C9H11BrN2OS.ClH/c10-6-3-8(14-5-6)9(13)12-2-1-7(11)4-12;/h3,5,7H,1-2,4,11H2;1H/t7-;/m0./s1. The Labute approximate surface area is 107 Å². The predicted molar refractivity (Wildman–Crippen MR) is 67.8 cm³/mol. The van der Waals surface area contributed by atoms with Crippen molar-refractivity contribution in [1.82, 2.24) is 4.90 Å². The van der Waals surface area contributed by atoms with Crippen molar-refractivity contribution in [2.75, 3.05) is 13.1 Å². The molecule has 0 unspecified atom stereocenters. The van der Waals surface area contributed by atoms with E-state index >= 15 is 0 Å². The zero-order valence-electron chi connectivity index (χ0n) is 7.98. The van der Waals surface area contributed by atoms with E-state index < -0.39 is 0 Å². The number of nitrogens with two attached hydrogens (primary N) is 1. The predicted octanol–water partition coefficient (Wildman–Crippen LogP) is 2.11. The van der Waals surface area contributed by atoms with Crippen molar-refractivity contribution in [3.8, 4) is 0 Å². The van der Waals surface area contributed by atoms with E-state index in [-0.39, 0.29) is 24.4 Å². The van der Waals surface area contributed by atoms with Crippen LogP contribution in [0.3, 0.4) is 0 Å². The van der Waals surface area contributed by atoms with Crippen molar-refractivity contribution >= 4 is 45.6 Å². The van der Waals surface area contributed by atoms with E-state index in [4.69, 9.17) is 5.73 Å². The number of hydrogen-bond acceptors (Lipinski definition) is 3. The van der Waals surface area contributed by atoms with Crippen LogP contribution >= 0.6 is 39.7 Å². The third-order valence-electron chi connectivity index (χ3n) is 2.29. The zero-order valence-corrected chi connectivity index (χ0v) is 11.2. The molecular formula is C9H12BrClN2OS. The molecule has 1 amide bonds. The molecule has 1 aromatic heterocycles. The first kappa shape index (κ1) is 13.0. The number of likely N-dealkylation sites (tertiary alicyclic amines) is 1. The van der Waals surface area contributed by atoms with E-state index in [1.54, 1.807) is 0 Å². The van der Waals surface area contributed by atoms with Gasteiger partial charge in [0.2, 0.25) is 0 Å². The fraction of sp³-hybridized carbons (Fsp3) is 0.444. The Kier molecular flexibility index (Phi) is 4.58. The van der Waals surface area contributed by atoms with Gasteiger partial charge in [-0.25, -0.2) is 0 Å². The maximum absolute atomic E-state index is 11.9. The van der Waals surface area contributed by atoms with Crippen molar-refractivity contribution in [2.24, 2.45) is 5.73 Å². The van der Waals surface area contributed by atoms with Crippen molar-refractivity contribution in [2.45, 2.75) is 12.5 Å². The molecule has 1 aromatic rings. The molecule has 0 bridgehead atoms. The van der Waals surface area contributed by atoms with Crippen LogP contribution in [0.1, 0.15) is 16.1 Å². The minimum atomic E-state index is 0. The monoisotopic (exact) mass is 310 g/mol. The Hall–Kier alpha value is -0.100. The van der Waals surface area contributed by atoms with Gasteiger partial charge in [0.05, 0.1) is 4.88 Å².